The van der Waals surface area contributed by atoms with Crippen LogP contribution in [0.3, 0.4) is 0 Å². The molecule has 1 aromatic heterocycles. The van der Waals surface area contributed by atoms with Gasteiger partial charge in [-0.2, -0.15) is 0 Å². The Morgan fingerprint density at radius 3 is 2.42 bits per heavy atom. The fourth-order valence-electron chi connectivity index (χ4n) is 3.35. The molecule has 4 rings (SSSR count). The van der Waals surface area contributed by atoms with Crippen LogP contribution in [0.5, 0.6) is 0 Å². The first-order chi connectivity index (χ1) is 15.9. The zero-order valence-corrected chi connectivity index (χ0v) is 17.8. The number of pyridine rings is 1. The minimum absolute atomic E-state index is 0.181. The van der Waals surface area contributed by atoms with Crippen molar-refractivity contribution in [3.63, 3.8) is 0 Å². The van der Waals surface area contributed by atoms with Gasteiger partial charge < -0.3 is 15.0 Å². The molecule has 0 unspecified atom stereocenters. The van der Waals surface area contributed by atoms with E-state index in [1.807, 2.05) is 19.1 Å². The van der Waals surface area contributed by atoms with Crippen molar-refractivity contribution in [2.75, 3.05) is 11.9 Å². The number of anilines is 1. The lowest BCUT2D eigenvalue weighted by Gasteiger charge is -2.09. The molecule has 7 heteroatoms. The predicted octanol–water partition coefficient (Wildman–Crippen LogP) is 4.13. The number of para-hydroxylation sites is 1. The molecule has 0 saturated carbocycles. The van der Waals surface area contributed by atoms with Crippen molar-refractivity contribution in [3.05, 3.63) is 111 Å². The number of Topliss-reactive ketones (excluding diaryl/α,β-unsaturated/α-hetero) is 1. The summed E-state index contributed by atoms with van der Waals surface area (Å²) < 4.78 is 5.15. The summed E-state index contributed by atoms with van der Waals surface area (Å²) in [6.45, 7) is 1.52. The number of benzene rings is 3. The molecule has 0 aliphatic carbocycles. The molecular weight excluding hydrogens is 420 g/mol. The largest absolute Gasteiger partial charge is 0.454 e. The summed E-state index contributed by atoms with van der Waals surface area (Å²) in [6, 6.07) is 21.4. The highest BCUT2D eigenvalue weighted by Crippen LogP contribution is 2.18. The van der Waals surface area contributed by atoms with Crippen molar-refractivity contribution in [1.82, 2.24) is 4.98 Å². The van der Waals surface area contributed by atoms with Crippen LogP contribution in [0.1, 0.15) is 36.6 Å². The summed E-state index contributed by atoms with van der Waals surface area (Å²) in [4.78, 5) is 52.1. The van der Waals surface area contributed by atoms with Gasteiger partial charge in [-0.1, -0.05) is 54.1 Å². The second-order valence-corrected chi connectivity index (χ2v) is 7.49. The topological polar surface area (TPSA) is 105 Å². The molecule has 7 nitrogen and oxygen atoms in total. The maximum Gasteiger partial charge on any atom is 0.338 e. The molecule has 0 spiro atoms. The molecule has 1 amide bonds. The monoisotopic (exact) mass is 440 g/mol. The number of ketones is 1. The van der Waals surface area contributed by atoms with Crippen molar-refractivity contribution in [2.45, 2.75) is 6.92 Å². The third-order valence-electron chi connectivity index (χ3n) is 5.06. The molecule has 0 aliphatic heterocycles. The van der Waals surface area contributed by atoms with Crippen LogP contribution in [0.4, 0.5) is 5.69 Å². The van der Waals surface area contributed by atoms with E-state index in [0.29, 0.717) is 22.2 Å². The average molecular weight is 440 g/mol. The number of carbonyl (C=O) groups is 3. The Morgan fingerprint density at radius 1 is 0.879 bits per heavy atom. The zero-order chi connectivity index (χ0) is 23.4. The standard InChI is InChI=1S/C26H20N2O5/c1-16-9-11-17(12-10-16)23(29)15-33-26(32)18-5-4-6-19(13-18)27-25(31)21-14-24(30)28-22-8-3-2-7-20(21)22/h2-14H,15H2,1H3,(H,27,31)(H,28,30). The van der Waals surface area contributed by atoms with Gasteiger partial charge >= 0.3 is 5.97 Å². The van der Waals surface area contributed by atoms with E-state index in [1.54, 1.807) is 48.5 Å². The number of hydrogen-bond donors (Lipinski definition) is 2. The molecule has 4 aromatic rings. The Bertz CT molecular complexity index is 1420. The summed E-state index contributed by atoms with van der Waals surface area (Å²) in [6.07, 6.45) is 0. The summed E-state index contributed by atoms with van der Waals surface area (Å²) in [5.74, 6) is -1.49. The summed E-state index contributed by atoms with van der Waals surface area (Å²) >= 11 is 0. The molecule has 0 radical (unpaired) electrons. The van der Waals surface area contributed by atoms with E-state index < -0.39 is 24.0 Å². The lowest BCUT2D eigenvalue weighted by molar-refractivity contribution is 0.0474. The van der Waals surface area contributed by atoms with E-state index >= 15 is 0 Å². The van der Waals surface area contributed by atoms with Crippen LogP contribution >= 0.6 is 0 Å². The predicted molar refractivity (Wildman–Crippen MR) is 125 cm³/mol. The van der Waals surface area contributed by atoms with Crippen molar-refractivity contribution >= 4 is 34.3 Å². The molecule has 0 fully saturated rings. The Kier molecular flexibility index (Phi) is 6.13. The first-order valence-corrected chi connectivity index (χ1v) is 10.2. The molecule has 0 atom stereocenters. The molecule has 3 aromatic carbocycles. The van der Waals surface area contributed by atoms with Gasteiger partial charge in [-0.25, -0.2) is 4.79 Å². The van der Waals surface area contributed by atoms with E-state index in [1.165, 1.54) is 18.2 Å². The van der Waals surface area contributed by atoms with Crippen molar-refractivity contribution in [3.8, 4) is 0 Å². The van der Waals surface area contributed by atoms with Crippen LogP contribution in [0.2, 0.25) is 0 Å². The van der Waals surface area contributed by atoms with Gasteiger partial charge in [0.2, 0.25) is 5.56 Å². The molecule has 0 aliphatic rings. The van der Waals surface area contributed by atoms with Crippen LogP contribution in [0.25, 0.3) is 10.9 Å². The maximum atomic E-state index is 12.8. The highest BCUT2D eigenvalue weighted by Gasteiger charge is 2.15. The fourth-order valence-corrected chi connectivity index (χ4v) is 3.35. The number of ether oxygens (including phenoxy) is 1. The number of fused-ring (bicyclic) bond motifs is 1. The summed E-state index contributed by atoms with van der Waals surface area (Å²) in [5.41, 5.74) is 2.38. The van der Waals surface area contributed by atoms with E-state index in [9.17, 15) is 19.2 Å². The number of aromatic nitrogens is 1. The van der Waals surface area contributed by atoms with Gasteiger partial charge in [-0.3, -0.25) is 14.4 Å². The van der Waals surface area contributed by atoms with Crippen molar-refractivity contribution in [1.29, 1.82) is 0 Å². The van der Waals surface area contributed by atoms with Gasteiger partial charge in [0.25, 0.3) is 5.91 Å². The first-order valence-electron chi connectivity index (χ1n) is 10.2. The minimum atomic E-state index is -0.687. The number of H-pyrrole nitrogens is 1. The number of aryl methyl sites for hydroxylation is 1. The Balaban J connectivity index is 1.46. The normalized spacial score (nSPS) is 10.6. The molecule has 0 saturated heterocycles. The molecule has 0 bridgehead atoms. The quantitative estimate of drug-likeness (QED) is 0.346. The Labute approximate surface area is 189 Å². The molecule has 2 N–H and O–H groups in total. The highest BCUT2D eigenvalue weighted by molar-refractivity contribution is 6.12. The van der Waals surface area contributed by atoms with E-state index in [4.69, 9.17) is 4.74 Å². The van der Waals surface area contributed by atoms with Gasteiger partial charge in [-0.05, 0) is 31.2 Å². The lowest BCUT2D eigenvalue weighted by atomic mass is 10.1. The van der Waals surface area contributed by atoms with Gasteiger partial charge in [-0.15, -0.1) is 0 Å². The number of esters is 1. The summed E-state index contributed by atoms with van der Waals surface area (Å²) in [7, 11) is 0. The second kappa shape index (κ2) is 9.32. The number of rotatable bonds is 6. The first kappa shape index (κ1) is 21.7. The van der Waals surface area contributed by atoms with E-state index in [0.717, 1.165) is 5.56 Å². The van der Waals surface area contributed by atoms with Crippen molar-refractivity contribution in [2.24, 2.45) is 0 Å². The molecular formula is C26H20N2O5. The second-order valence-electron chi connectivity index (χ2n) is 7.49. The Morgan fingerprint density at radius 2 is 1.64 bits per heavy atom. The number of aromatic amines is 1. The minimum Gasteiger partial charge on any atom is -0.454 e. The smallest absolute Gasteiger partial charge is 0.338 e. The number of hydrogen-bond acceptors (Lipinski definition) is 5. The van der Waals surface area contributed by atoms with Gasteiger partial charge in [0.1, 0.15) is 0 Å². The van der Waals surface area contributed by atoms with E-state index in [-0.39, 0.29) is 16.9 Å². The van der Waals surface area contributed by atoms with Crippen LogP contribution in [-0.4, -0.2) is 29.3 Å². The highest BCUT2D eigenvalue weighted by atomic mass is 16.5. The van der Waals surface area contributed by atoms with E-state index in [2.05, 4.69) is 10.3 Å². The van der Waals surface area contributed by atoms with Crippen LogP contribution in [0, 0.1) is 6.92 Å². The Hall–Kier alpha value is -4.52. The lowest BCUT2D eigenvalue weighted by Crippen LogP contribution is -2.17. The third-order valence-corrected chi connectivity index (χ3v) is 5.06. The zero-order valence-electron chi connectivity index (χ0n) is 17.8. The fraction of sp³-hybridized carbons (Fsp3) is 0.0769. The number of amides is 1. The number of carbonyl (C=O) groups excluding carboxylic acids is 3. The van der Waals surface area contributed by atoms with Crippen LogP contribution in [-0.2, 0) is 4.74 Å². The molecule has 164 valence electrons. The number of nitrogens with one attached hydrogen (secondary N) is 2. The third kappa shape index (κ3) is 5.04. The van der Waals surface area contributed by atoms with Gasteiger partial charge in [0.05, 0.1) is 11.1 Å². The average Bonchev–Trinajstić information content (AvgIpc) is 2.82. The summed E-state index contributed by atoms with van der Waals surface area (Å²) in [5, 5.41) is 3.30. The van der Waals surface area contributed by atoms with Crippen LogP contribution in [0.15, 0.2) is 83.7 Å². The molecule has 1 heterocycles. The van der Waals surface area contributed by atoms with Gasteiger partial charge in [0, 0.05) is 28.2 Å². The molecule has 33 heavy (non-hydrogen) atoms. The van der Waals surface area contributed by atoms with Crippen molar-refractivity contribution < 1.29 is 19.1 Å². The van der Waals surface area contributed by atoms with Gasteiger partial charge in [0.15, 0.2) is 12.4 Å². The SMILES string of the molecule is Cc1ccc(C(=O)COC(=O)c2cccc(NC(=O)c3cc(=O)[nH]c4ccccc34)c2)cc1. The van der Waals surface area contributed by atoms with Crippen LogP contribution < -0.4 is 10.9 Å². The maximum absolute atomic E-state index is 12.8.